The van der Waals surface area contributed by atoms with E-state index >= 15 is 0 Å². The maximum atomic E-state index is 10.1. The highest BCUT2D eigenvalue weighted by atomic mass is 35.5. The largest absolute Gasteiger partial charge is 0.388 e. The molecule has 2 atom stereocenters. The molecule has 0 unspecified atom stereocenters. The van der Waals surface area contributed by atoms with Crippen LogP contribution < -0.4 is 5.73 Å². The monoisotopic (exact) mass is 311 g/mol. The number of hydrogen-bond acceptors (Lipinski definition) is 2. The Bertz CT molecular complexity index is 370. The Morgan fingerprint density at radius 2 is 1.61 bits per heavy atom. The lowest BCUT2D eigenvalue weighted by molar-refractivity contribution is 0.133. The number of rotatable bonds is 3. The van der Waals surface area contributed by atoms with E-state index in [2.05, 4.69) is 20.8 Å². The van der Waals surface area contributed by atoms with Gasteiger partial charge in [-0.2, -0.15) is 0 Å². The van der Waals surface area contributed by atoms with Crippen LogP contribution >= 0.6 is 35.6 Å². The quantitative estimate of drug-likeness (QED) is 0.878. The molecule has 2 nitrogen and oxygen atoms in total. The summed E-state index contributed by atoms with van der Waals surface area (Å²) in [4.78, 5) is 0. The van der Waals surface area contributed by atoms with E-state index in [4.69, 9.17) is 28.9 Å². The normalized spacial score (nSPS) is 14.8. The summed E-state index contributed by atoms with van der Waals surface area (Å²) in [5.41, 5.74) is 6.71. The van der Waals surface area contributed by atoms with Crippen LogP contribution in [0.3, 0.4) is 0 Å². The average Bonchev–Trinajstić information content (AvgIpc) is 2.14. The zero-order valence-corrected chi connectivity index (χ0v) is 13.1. The molecule has 0 aliphatic rings. The van der Waals surface area contributed by atoms with Gasteiger partial charge in [0.05, 0.1) is 6.10 Å². The lowest BCUT2D eigenvalue weighted by Gasteiger charge is -2.29. The molecule has 1 rings (SSSR count). The first-order chi connectivity index (χ1) is 7.70. The van der Waals surface area contributed by atoms with E-state index in [0.29, 0.717) is 22.0 Å². The van der Waals surface area contributed by atoms with Gasteiger partial charge in [-0.3, -0.25) is 0 Å². The van der Waals surface area contributed by atoms with Gasteiger partial charge in [0.15, 0.2) is 0 Å². The summed E-state index contributed by atoms with van der Waals surface area (Å²) in [7, 11) is 0. The Balaban J connectivity index is 0.00000289. The third kappa shape index (κ3) is 5.33. The Morgan fingerprint density at radius 3 is 2.00 bits per heavy atom. The van der Waals surface area contributed by atoms with Crippen LogP contribution in [0.5, 0.6) is 0 Å². The molecule has 5 heteroatoms. The van der Waals surface area contributed by atoms with Crippen molar-refractivity contribution in [3.8, 4) is 0 Å². The number of nitrogens with two attached hydrogens (primary N) is 1. The van der Waals surface area contributed by atoms with E-state index < -0.39 is 6.10 Å². The fraction of sp³-hybridized carbons (Fsp3) is 0.538. The minimum Gasteiger partial charge on any atom is -0.388 e. The number of hydrogen-bond donors (Lipinski definition) is 2. The van der Waals surface area contributed by atoms with Gasteiger partial charge in [-0.05, 0) is 35.6 Å². The number of halogens is 3. The van der Waals surface area contributed by atoms with E-state index in [1.165, 1.54) is 0 Å². The van der Waals surface area contributed by atoms with Gasteiger partial charge in [-0.1, -0.05) is 44.0 Å². The first kappa shape index (κ1) is 18.0. The number of aliphatic hydroxyl groups excluding tert-OH is 1. The molecular formula is C13H20Cl3NO. The van der Waals surface area contributed by atoms with Gasteiger partial charge in [-0.25, -0.2) is 0 Å². The third-order valence-electron chi connectivity index (χ3n) is 2.86. The molecule has 104 valence electrons. The second-order valence-corrected chi connectivity index (χ2v) is 6.30. The van der Waals surface area contributed by atoms with E-state index in [1.807, 2.05) is 0 Å². The van der Waals surface area contributed by atoms with Gasteiger partial charge in [0.2, 0.25) is 0 Å². The van der Waals surface area contributed by atoms with Gasteiger partial charge in [0, 0.05) is 16.1 Å². The van der Waals surface area contributed by atoms with Crippen molar-refractivity contribution < 1.29 is 5.11 Å². The van der Waals surface area contributed by atoms with Crippen LogP contribution in [0.15, 0.2) is 18.2 Å². The van der Waals surface area contributed by atoms with Gasteiger partial charge in [0.1, 0.15) is 0 Å². The Morgan fingerprint density at radius 1 is 1.17 bits per heavy atom. The Kier molecular flexibility index (Phi) is 6.97. The molecule has 0 radical (unpaired) electrons. The number of benzene rings is 1. The second-order valence-electron chi connectivity index (χ2n) is 5.43. The minimum absolute atomic E-state index is 0. The topological polar surface area (TPSA) is 46.2 Å². The van der Waals surface area contributed by atoms with Crippen molar-refractivity contribution in [2.24, 2.45) is 11.1 Å². The summed E-state index contributed by atoms with van der Waals surface area (Å²) in [6.45, 7) is 6.15. The predicted molar refractivity (Wildman–Crippen MR) is 80.7 cm³/mol. The minimum atomic E-state index is -0.638. The highest BCUT2D eigenvalue weighted by Gasteiger charge is 2.24. The lowest BCUT2D eigenvalue weighted by atomic mass is 9.83. The van der Waals surface area contributed by atoms with Crippen LogP contribution in [-0.4, -0.2) is 11.1 Å². The van der Waals surface area contributed by atoms with Crippen molar-refractivity contribution in [2.45, 2.75) is 39.3 Å². The first-order valence-electron chi connectivity index (χ1n) is 5.60. The zero-order chi connectivity index (χ0) is 13.2. The van der Waals surface area contributed by atoms with E-state index in [0.717, 1.165) is 0 Å². The Hall–Kier alpha value is 0.01000. The summed E-state index contributed by atoms with van der Waals surface area (Å²) < 4.78 is 0. The summed E-state index contributed by atoms with van der Waals surface area (Å²) in [5, 5.41) is 11.2. The standard InChI is InChI=1S/C13H19Cl2NO.ClH/c1-13(2,3)12(16)7-11(17)8-4-9(14)6-10(15)5-8;/h4-6,11-12,17H,7,16H2,1-3H3;1H/t11-,12+;/m0./s1. The van der Waals surface area contributed by atoms with Crippen molar-refractivity contribution in [3.63, 3.8) is 0 Å². The molecule has 0 bridgehead atoms. The summed E-state index contributed by atoms with van der Waals surface area (Å²) >= 11 is 11.8. The maximum Gasteiger partial charge on any atom is 0.0806 e. The molecule has 1 aromatic carbocycles. The SMILES string of the molecule is CC(C)(C)[C@H](N)C[C@H](O)c1cc(Cl)cc(Cl)c1.Cl. The highest BCUT2D eigenvalue weighted by molar-refractivity contribution is 6.34. The van der Waals surface area contributed by atoms with Crippen LogP contribution in [0.2, 0.25) is 10.0 Å². The number of aliphatic hydroxyl groups is 1. The molecule has 1 aromatic rings. The molecule has 0 amide bonds. The van der Waals surface area contributed by atoms with Crippen molar-refractivity contribution in [3.05, 3.63) is 33.8 Å². The van der Waals surface area contributed by atoms with Crippen molar-refractivity contribution in [2.75, 3.05) is 0 Å². The zero-order valence-electron chi connectivity index (χ0n) is 10.8. The van der Waals surface area contributed by atoms with Crippen LogP contribution in [0.1, 0.15) is 38.9 Å². The lowest BCUT2D eigenvalue weighted by Crippen LogP contribution is -2.36. The van der Waals surface area contributed by atoms with Crippen LogP contribution in [0, 0.1) is 5.41 Å². The molecular weight excluding hydrogens is 293 g/mol. The Labute approximate surface area is 125 Å². The van der Waals surface area contributed by atoms with Gasteiger partial charge < -0.3 is 10.8 Å². The fourth-order valence-corrected chi connectivity index (χ4v) is 2.04. The van der Waals surface area contributed by atoms with Crippen molar-refractivity contribution in [1.29, 1.82) is 0 Å². The summed E-state index contributed by atoms with van der Waals surface area (Å²) in [6.07, 6.45) is -0.152. The van der Waals surface area contributed by atoms with Crippen molar-refractivity contribution in [1.82, 2.24) is 0 Å². The molecule has 0 aliphatic heterocycles. The smallest absolute Gasteiger partial charge is 0.0806 e. The first-order valence-corrected chi connectivity index (χ1v) is 6.35. The maximum absolute atomic E-state index is 10.1. The molecule has 0 aromatic heterocycles. The van der Waals surface area contributed by atoms with Crippen molar-refractivity contribution >= 4 is 35.6 Å². The van der Waals surface area contributed by atoms with Gasteiger partial charge in [-0.15, -0.1) is 12.4 Å². The van der Waals surface area contributed by atoms with E-state index in [-0.39, 0.29) is 23.9 Å². The molecule has 18 heavy (non-hydrogen) atoms. The summed E-state index contributed by atoms with van der Waals surface area (Å²) in [6, 6.07) is 4.99. The van der Waals surface area contributed by atoms with Gasteiger partial charge in [0.25, 0.3) is 0 Å². The molecule has 0 heterocycles. The van der Waals surface area contributed by atoms with Crippen LogP contribution in [0.4, 0.5) is 0 Å². The van der Waals surface area contributed by atoms with E-state index in [1.54, 1.807) is 18.2 Å². The average molecular weight is 313 g/mol. The summed E-state index contributed by atoms with van der Waals surface area (Å²) in [5.74, 6) is 0. The van der Waals surface area contributed by atoms with E-state index in [9.17, 15) is 5.11 Å². The molecule has 0 saturated carbocycles. The molecule has 0 saturated heterocycles. The molecule has 0 fully saturated rings. The predicted octanol–water partition coefficient (Wildman–Crippen LogP) is 4.21. The van der Waals surface area contributed by atoms with Crippen LogP contribution in [0.25, 0.3) is 0 Å². The molecule has 0 aliphatic carbocycles. The fourth-order valence-electron chi connectivity index (χ4n) is 1.50. The third-order valence-corrected chi connectivity index (χ3v) is 3.30. The molecule has 3 N–H and O–H groups in total. The molecule has 0 spiro atoms. The second kappa shape index (κ2) is 6.97. The van der Waals surface area contributed by atoms with Crippen LogP contribution in [-0.2, 0) is 0 Å². The van der Waals surface area contributed by atoms with Gasteiger partial charge >= 0.3 is 0 Å². The highest BCUT2D eigenvalue weighted by Crippen LogP contribution is 2.29.